The Hall–Kier alpha value is -3.39. The van der Waals surface area contributed by atoms with Crippen LogP contribution >= 0.6 is 11.6 Å². The minimum Gasteiger partial charge on any atom is -0.490 e. The number of fused-ring (bicyclic) bond motifs is 1. The zero-order valence-corrected chi connectivity index (χ0v) is 17.8. The molecule has 4 aromatic rings. The maximum atomic E-state index is 10.5. The number of nitrogens with zero attached hydrogens (tertiary/aromatic N) is 3. The highest BCUT2D eigenvalue weighted by atomic mass is 35.5. The predicted molar refractivity (Wildman–Crippen MR) is 114 cm³/mol. The van der Waals surface area contributed by atoms with Crippen molar-refractivity contribution in [3.63, 3.8) is 0 Å². The van der Waals surface area contributed by atoms with Crippen LogP contribution in [0.4, 0.5) is 0 Å². The van der Waals surface area contributed by atoms with Crippen LogP contribution in [-0.2, 0) is 4.79 Å². The van der Waals surface area contributed by atoms with Gasteiger partial charge in [0, 0.05) is 23.6 Å². The first-order chi connectivity index (χ1) is 15.1. The molecular formula is C22H20ClN3O5. The maximum absolute atomic E-state index is 10.5. The van der Waals surface area contributed by atoms with E-state index in [-0.39, 0.29) is 12.0 Å². The largest absolute Gasteiger partial charge is 0.490 e. The van der Waals surface area contributed by atoms with Gasteiger partial charge in [-0.05, 0) is 44.5 Å². The number of rotatable bonds is 9. The molecule has 0 amide bonds. The summed E-state index contributed by atoms with van der Waals surface area (Å²) in [6.07, 6.45) is 5.07. The van der Waals surface area contributed by atoms with Crippen LogP contribution in [0, 0.1) is 0 Å². The van der Waals surface area contributed by atoms with E-state index in [4.69, 9.17) is 30.0 Å². The van der Waals surface area contributed by atoms with Gasteiger partial charge < -0.3 is 23.2 Å². The van der Waals surface area contributed by atoms with Crippen molar-refractivity contribution in [1.82, 2.24) is 15.1 Å². The average molecular weight is 442 g/mol. The lowest BCUT2D eigenvalue weighted by atomic mass is 10.1. The lowest BCUT2D eigenvalue weighted by Crippen LogP contribution is -2.07. The summed E-state index contributed by atoms with van der Waals surface area (Å²) in [4.78, 5) is 19.2. The summed E-state index contributed by atoms with van der Waals surface area (Å²) < 4.78 is 22.3. The summed E-state index contributed by atoms with van der Waals surface area (Å²) in [5, 5.41) is 5.25. The van der Waals surface area contributed by atoms with Crippen LogP contribution < -0.4 is 9.47 Å². The van der Waals surface area contributed by atoms with Gasteiger partial charge in [-0.25, -0.2) is 4.98 Å². The van der Waals surface area contributed by atoms with Gasteiger partial charge >= 0.3 is 0 Å². The van der Waals surface area contributed by atoms with Crippen LogP contribution in [0.25, 0.3) is 33.8 Å². The van der Waals surface area contributed by atoms with Crippen LogP contribution in [-0.4, -0.2) is 34.1 Å². The molecule has 160 valence electrons. The van der Waals surface area contributed by atoms with Crippen LogP contribution in [0.15, 0.2) is 45.7 Å². The summed E-state index contributed by atoms with van der Waals surface area (Å²) in [6.45, 7) is 4.22. The average Bonchev–Trinajstić information content (AvgIpc) is 3.42. The number of unbranched alkanes of at least 4 members (excludes halogenated alkanes) is 1. The lowest BCUT2D eigenvalue weighted by Gasteiger charge is -2.09. The molecule has 3 aromatic heterocycles. The van der Waals surface area contributed by atoms with Gasteiger partial charge in [0.05, 0.1) is 24.5 Å². The van der Waals surface area contributed by atoms with E-state index in [0.29, 0.717) is 53.1 Å². The molecule has 1 aromatic carbocycles. The first-order valence-corrected chi connectivity index (χ1v) is 10.2. The Morgan fingerprint density at radius 2 is 2.13 bits per heavy atom. The molecule has 0 bridgehead atoms. The van der Waals surface area contributed by atoms with Gasteiger partial charge in [-0.3, -0.25) is 0 Å². The standard InChI is InChI=1S/C22H20ClN3O5/c1-13(2)30-22-17(23)11-14(12-24-22)21-25-20(26-31-21)16-5-6-18(28-9-4-3-8-27)19-15(16)7-10-29-19/h5-8,10-13H,3-4,9H2,1-2H3. The van der Waals surface area contributed by atoms with Gasteiger partial charge in [0.15, 0.2) is 11.3 Å². The fraction of sp³-hybridized carbons (Fsp3) is 0.273. The molecule has 0 radical (unpaired) electrons. The number of halogens is 1. The second-order valence-corrected chi connectivity index (χ2v) is 7.44. The van der Waals surface area contributed by atoms with Crippen LogP contribution in [0.2, 0.25) is 5.02 Å². The Morgan fingerprint density at radius 1 is 1.26 bits per heavy atom. The van der Waals surface area contributed by atoms with Crippen molar-refractivity contribution in [2.24, 2.45) is 0 Å². The molecule has 4 rings (SSSR count). The number of hydrogen-bond donors (Lipinski definition) is 0. The molecule has 0 fully saturated rings. The van der Waals surface area contributed by atoms with E-state index in [1.54, 1.807) is 24.6 Å². The Balaban J connectivity index is 1.60. The van der Waals surface area contributed by atoms with Crippen LogP contribution in [0.1, 0.15) is 26.7 Å². The zero-order valence-electron chi connectivity index (χ0n) is 17.0. The minimum atomic E-state index is -0.0415. The lowest BCUT2D eigenvalue weighted by molar-refractivity contribution is -0.108. The minimum absolute atomic E-state index is 0.0415. The highest BCUT2D eigenvalue weighted by Gasteiger charge is 2.18. The summed E-state index contributed by atoms with van der Waals surface area (Å²) in [7, 11) is 0. The number of hydrogen-bond acceptors (Lipinski definition) is 8. The van der Waals surface area contributed by atoms with Crippen molar-refractivity contribution in [2.45, 2.75) is 32.8 Å². The Labute approximate surface area is 183 Å². The summed E-state index contributed by atoms with van der Waals surface area (Å²) in [5.74, 6) is 1.62. The number of aldehydes is 1. The van der Waals surface area contributed by atoms with Gasteiger partial charge in [0.25, 0.3) is 5.89 Å². The Kier molecular flexibility index (Phi) is 6.18. The number of carbonyl (C=O) groups is 1. The Morgan fingerprint density at radius 3 is 2.90 bits per heavy atom. The molecule has 0 saturated heterocycles. The molecule has 9 heteroatoms. The Bertz CT molecular complexity index is 1200. The smallest absolute Gasteiger partial charge is 0.259 e. The van der Waals surface area contributed by atoms with Crippen molar-refractivity contribution in [3.8, 4) is 34.5 Å². The maximum Gasteiger partial charge on any atom is 0.259 e. The highest BCUT2D eigenvalue weighted by Crippen LogP contribution is 2.35. The normalized spacial score (nSPS) is 11.2. The molecule has 0 atom stereocenters. The van der Waals surface area contributed by atoms with Crippen molar-refractivity contribution < 1.29 is 23.2 Å². The van der Waals surface area contributed by atoms with Gasteiger partial charge in [0.2, 0.25) is 11.7 Å². The quantitative estimate of drug-likeness (QED) is 0.253. The SMILES string of the molecule is CC(C)Oc1ncc(-c2nc(-c3ccc(OCCCC=O)c4occc34)no2)cc1Cl. The van der Waals surface area contributed by atoms with E-state index < -0.39 is 0 Å². The molecular weight excluding hydrogens is 422 g/mol. The van der Waals surface area contributed by atoms with Crippen molar-refractivity contribution in [3.05, 3.63) is 41.7 Å². The monoisotopic (exact) mass is 441 g/mol. The first kappa shape index (κ1) is 20.9. The van der Waals surface area contributed by atoms with Crippen molar-refractivity contribution in [2.75, 3.05) is 6.61 Å². The summed E-state index contributed by atoms with van der Waals surface area (Å²) in [6, 6.07) is 7.11. The fourth-order valence-electron chi connectivity index (χ4n) is 3.00. The van der Waals surface area contributed by atoms with E-state index in [1.807, 2.05) is 26.0 Å². The molecule has 0 saturated carbocycles. The third-order valence-corrected chi connectivity index (χ3v) is 4.64. The molecule has 0 N–H and O–H groups in total. The van der Waals surface area contributed by atoms with Crippen molar-refractivity contribution >= 4 is 28.9 Å². The zero-order chi connectivity index (χ0) is 21.8. The number of carbonyl (C=O) groups excluding carboxylic acids is 1. The van der Waals surface area contributed by atoms with E-state index in [2.05, 4.69) is 15.1 Å². The van der Waals surface area contributed by atoms with E-state index >= 15 is 0 Å². The van der Waals surface area contributed by atoms with Crippen LogP contribution in [0.5, 0.6) is 11.6 Å². The van der Waals surface area contributed by atoms with Crippen LogP contribution in [0.3, 0.4) is 0 Å². The molecule has 8 nitrogen and oxygen atoms in total. The first-order valence-electron chi connectivity index (χ1n) is 9.80. The van der Waals surface area contributed by atoms with E-state index in [9.17, 15) is 4.79 Å². The number of aromatic nitrogens is 3. The molecule has 0 aliphatic heterocycles. The number of pyridine rings is 1. The fourth-order valence-corrected chi connectivity index (χ4v) is 3.21. The van der Waals surface area contributed by atoms with Crippen molar-refractivity contribution in [1.29, 1.82) is 0 Å². The second-order valence-electron chi connectivity index (χ2n) is 7.03. The highest BCUT2D eigenvalue weighted by molar-refractivity contribution is 6.32. The molecule has 0 spiro atoms. The topological polar surface area (TPSA) is 100 Å². The van der Waals surface area contributed by atoms with Gasteiger partial charge in [0.1, 0.15) is 11.3 Å². The number of ether oxygens (including phenoxy) is 2. The van der Waals surface area contributed by atoms with E-state index in [0.717, 1.165) is 17.2 Å². The van der Waals surface area contributed by atoms with Gasteiger partial charge in [-0.2, -0.15) is 4.98 Å². The van der Waals surface area contributed by atoms with E-state index in [1.165, 1.54) is 0 Å². The third kappa shape index (κ3) is 4.54. The molecule has 0 aliphatic rings. The second kappa shape index (κ2) is 9.18. The summed E-state index contributed by atoms with van der Waals surface area (Å²) >= 11 is 6.27. The third-order valence-electron chi connectivity index (χ3n) is 4.37. The molecule has 0 unspecified atom stereocenters. The summed E-state index contributed by atoms with van der Waals surface area (Å²) in [5.41, 5.74) is 1.89. The van der Waals surface area contributed by atoms with Gasteiger partial charge in [-0.1, -0.05) is 16.8 Å². The molecule has 3 heterocycles. The predicted octanol–water partition coefficient (Wildman–Crippen LogP) is 5.34. The van der Waals surface area contributed by atoms with Gasteiger partial charge in [-0.15, -0.1) is 0 Å². The number of furan rings is 1. The number of benzene rings is 1. The molecule has 0 aliphatic carbocycles. The molecule has 31 heavy (non-hydrogen) atoms.